The number of methoxy groups -OCH3 is 1. The lowest BCUT2D eigenvalue weighted by Crippen LogP contribution is -2.39. The van der Waals surface area contributed by atoms with Crippen molar-refractivity contribution in [2.75, 3.05) is 26.7 Å². The van der Waals surface area contributed by atoms with Crippen molar-refractivity contribution in [3.8, 4) is 5.75 Å². The Hall–Kier alpha value is -2.38. The zero-order chi connectivity index (χ0) is 20.7. The summed E-state index contributed by atoms with van der Waals surface area (Å²) in [7, 11) is -1.80. The minimum Gasteiger partial charge on any atom is -0.496 e. The Morgan fingerprint density at radius 1 is 1.07 bits per heavy atom. The first kappa shape index (κ1) is 21.3. The normalized spacial score (nSPS) is 15.8. The number of para-hydroxylation sites is 1. The fourth-order valence-electron chi connectivity index (χ4n) is 3.68. The lowest BCUT2D eigenvalue weighted by Gasteiger charge is -2.31. The van der Waals surface area contributed by atoms with E-state index in [0.29, 0.717) is 50.2 Å². The molecule has 0 unspecified atom stereocenters. The standard InChI is InChI=1S/C22H28N2O4S/c1-28-21-10-6-5-7-19(21)11-14-23-22(25)17-18-12-15-24(16-13-18)29(26,27)20-8-3-2-4-9-20/h2-10,18H,11-17H2,1H3,(H,23,25). The van der Waals surface area contributed by atoms with Gasteiger partial charge in [0.1, 0.15) is 5.75 Å². The first-order chi connectivity index (χ1) is 14.0. The van der Waals surface area contributed by atoms with Gasteiger partial charge in [0.05, 0.1) is 12.0 Å². The number of rotatable bonds is 8. The van der Waals surface area contributed by atoms with Crippen molar-refractivity contribution >= 4 is 15.9 Å². The van der Waals surface area contributed by atoms with Gasteiger partial charge in [0.25, 0.3) is 0 Å². The first-order valence-corrected chi connectivity index (χ1v) is 11.4. The number of nitrogens with one attached hydrogen (secondary N) is 1. The van der Waals surface area contributed by atoms with Crippen LogP contribution >= 0.6 is 0 Å². The summed E-state index contributed by atoms with van der Waals surface area (Å²) in [6, 6.07) is 16.3. The summed E-state index contributed by atoms with van der Waals surface area (Å²) in [4.78, 5) is 12.6. The predicted molar refractivity (Wildman–Crippen MR) is 112 cm³/mol. The molecule has 1 saturated heterocycles. The van der Waals surface area contributed by atoms with Gasteiger partial charge in [-0.15, -0.1) is 0 Å². The molecule has 0 atom stereocenters. The van der Waals surface area contributed by atoms with Crippen molar-refractivity contribution in [2.24, 2.45) is 5.92 Å². The van der Waals surface area contributed by atoms with E-state index in [1.807, 2.05) is 24.3 Å². The van der Waals surface area contributed by atoms with Gasteiger partial charge < -0.3 is 10.1 Å². The molecule has 6 nitrogen and oxygen atoms in total. The molecule has 1 amide bonds. The van der Waals surface area contributed by atoms with Crippen LogP contribution in [0.5, 0.6) is 5.75 Å². The summed E-state index contributed by atoms with van der Waals surface area (Å²) in [6.45, 7) is 1.47. The Balaban J connectivity index is 1.43. The van der Waals surface area contributed by atoms with Crippen molar-refractivity contribution in [1.82, 2.24) is 9.62 Å². The van der Waals surface area contributed by atoms with E-state index >= 15 is 0 Å². The molecule has 0 bridgehead atoms. The number of nitrogens with zero attached hydrogens (tertiary/aromatic N) is 1. The number of piperidine rings is 1. The van der Waals surface area contributed by atoms with Gasteiger partial charge in [-0.2, -0.15) is 4.31 Å². The third kappa shape index (κ3) is 5.58. The highest BCUT2D eigenvalue weighted by Crippen LogP contribution is 2.25. The van der Waals surface area contributed by atoms with Gasteiger partial charge in [-0.25, -0.2) is 8.42 Å². The smallest absolute Gasteiger partial charge is 0.243 e. The van der Waals surface area contributed by atoms with Crippen molar-refractivity contribution < 1.29 is 17.9 Å². The van der Waals surface area contributed by atoms with Gasteiger partial charge >= 0.3 is 0 Å². The Kier molecular flexibility index (Phi) is 7.28. The molecule has 29 heavy (non-hydrogen) atoms. The maximum absolute atomic E-state index is 12.7. The minimum absolute atomic E-state index is 0.0178. The average molecular weight is 417 g/mol. The third-order valence-corrected chi connectivity index (χ3v) is 7.25. The summed E-state index contributed by atoms with van der Waals surface area (Å²) < 4.78 is 32.2. The molecule has 1 N–H and O–H groups in total. The molecule has 1 heterocycles. The van der Waals surface area contributed by atoms with Crippen LogP contribution in [0.4, 0.5) is 0 Å². The molecule has 0 aliphatic carbocycles. The van der Waals surface area contributed by atoms with E-state index in [4.69, 9.17) is 4.74 Å². The van der Waals surface area contributed by atoms with Gasteiger partial charge in [0, 0.05) is 26.1 Å². The van der Waals surface area contributed by atoms with Crippen LogP contribution in [0, 0.1) is 5.92 Å². The zero-order valence-corrected chi connectivity index (χ0v) is 17.5. The number of carbonyl (C=O) groups excluding carboxylic acids is 1. The second kappa shape index (κ2) is 9.89. The van der Waals surface area contributed by atoms with E-state index < -0.39 is 10.0 Å². The molecule has 7 heteroatoms. The maximum Gasteiger partial charge on any atom is 0.243 e. The molecule has 0 radical (unpaired) electrons. The summed E-state index contributed by atoms with van der Waals surface area (Å²) in [5.41, 5.74) is 1.06. The van der Waals surface area contributed by atoms with Gasteiger partial charge in [-0.3, -0.25) is 4.79 Å². The number of hydrogen-bond acceptors (Lipinski definition) is 4. The SMILES string of the molecule is COc1ccccc1CCNC(=O)CC1CCN(S(=O)(=O)c2ccccc2)CC1. The van der Waals surface area contributed by atoms with E-state index in [9.17, 15) is 13.2 Å². The Morgan fingerprint density at radius 2 is 1.72 bits per heavy atom. The molecule has 1 aliphatic heterocycles. The topological polar surface area (TPSA) is 75.7 Å². The fourth-order valence-corrected chi connectivity index (χ4v) is 5.17. The second-order valence-electron chi connectivity index (χ2n) is 7.28. The van der Waals surface area contributed by atoms with Gasteiger partial charge in [0.15, 0.2) is 0 Å². The fraction of sp³-hybridized carbons (Fsp3) is 0.409. The lowest BCUT2D eigenvalue weighted by atomic mass is 9.94. The van der Waals surface area contributed by atoms with Crippen LogP contribution < -0.4 is 10.1 Å². The van der Waals surface area contributed by atoms with Crippen LogP contribution in [0.2, 0.25) is 0 Å². The quantitative estimate of drug-likeness (QED) is 0.718. The molecule has 0 spiro atoms. The van der Waals surface area contributed by atoms with E-state index in [1.54, 1.807) is 37.4 Å². The molecule has 0 aromatic heterocycles. The van der Waals surface area contributed by atoms with E-state index in [2.05, 4.69) is 5.32 Å². The van der Waals surface area contributed by atoms with E-state index in [0.717, 1.165) is 11.3 Å². The van der Waals surface area contributed by atoms with Gasteiger partial charge in [-0.05, 0) is 48.9 Å². The zero-order valence-electron chi connectivity index (χ0n) is 16.7. The predicted octanol–water partition coefficient (Wildman–Crippen LogP) is 2.84. The Labute approximate surface area is 172 Å². The number of benzene rings is 2. The Morgan fingerprint density at radius 3 is 2.41 bits per heavy atom. The average Bonchev–Trinajstić information content (AvgIpc) is 2.75. The molecule has 2 aromatic carbocycles. The summed E-state index contributed by atoms with van der Waals surface area (Å²) in [6.07, 6.45) is 2.55. The van der Waals surface area contributed by atoms with Crippen LogP contribution in [-0.2, 0) is 21.2 Å². The first-order valence-electron chi connectivity index (χ1n) is 9.94. The number of ether oxygens (including phenoxy) is 1. The minimum atomic E-state index is -3.44. The van der Waals surface area contributed by atoms with E-state index in [1.165, 1.54) is 4.31 Å². The number of sulfonamides is 1. The number of amides is 1. The van der Waals surface area contributed by atoms with Crippen LogP contribution in [0.1, 0.15) is 24.8 Å². The van der Waals surface area contributed by atoms with Crippen molar-refractivity contribution in [3.63, 3.8) is 0 Å². The Bertz CT molecular complexity index is 907. The van der Waals surface area contributed by atoms with Crippen LogP contribution in [0.25, 0.3) is 0 Å². The summed E-state index contributed by atoms with van der Waals surface area (Å²) in [5.74, 6) is 1.06. The molecular weight excluding hydrogens is 388 g/mol. The van der Waals surface area contributed by atoms with Gasteiger partial charge in [-0.1, -0.05) is 36.4 Å². The second-order valence-corrected chi connectivity index (χ2v) is 9.21. The largest absolute Gasteiger partial charge is 0.496 e. The number of carbonyl (C=O) groups is 1. The van der Waals surface area contributed by atoms with Crippen LogP contribution in [0.3, 0.4) is 0 Å². The maximum atomic E-state index is 12.7. The monoisotopic (exact) mass is 416 g/mol. The third-order valence-electron chi connectivity index (χ3n) is 5.34. The van der Waals surface area contributed by atoms with Crippen molar-refractivity contribution in [2.45, 2.75) is 30.6 Å². The molecule has 1 aliphatic rings. The highest BCUT2D eigenvalue weighted by molar-refractivity contribution is 7.89. The molecule has 3 rings (SSSR count). The van der Waals surface area contributed by atoms with Crippen molar-refractivity contribution in [1.29, 1.82) is 0 Å². The molecule has 2 aromatic rings. The summed E-state index contributed by atoms with van der Waals surface area (Å²) in [5, 5.41) is 2.97. The van der Waals surface area contributed by atoms with Crippen molar-refractivity contribution in [3.05, 3.63) is 60.2 Å². The molecular formula is C22H28N2O4S. The van der Waals surface area contributed by atoms with Gasteiger partial charge in [0.2, 0.25) is 15.9 Å². The van der Waals surface area contributed by atoms with Crippen LogP contribution in [-0.4, -0.2) is 45.4 Å². The molecule has 1 fully saturated rings. The highest BCUT2D eigenvalue weighted by atomic mass is 32.2. The van der Waals surface area contributed by atoms with Crippen LogP contribution in [0.15, 0.2) is 59.5 Å². The van der Waals surface area contributed by atoms with E-state index in [-0.39, 0.29) is 11.8 Å². The number of hydrogen-bond donors (Lipinski definition) is 1. The lowest BCUT2D eigenvalue weighted by molar-refractivity contribution is -0.122. The highest BCUT2D eigenvalue weighted by Gasteiger charge is 2.29. The molecule has 0 saturated carbocycles. The summed E-state index contributed by atoms with van der Waals surface area (Å²) >= 11 is 0. The molecule has 156 valence electrons.